The van der Waals surface area contributed by atoms with Crippen LogP contribution in [-0.2, 0) is 0 Å². The number of nitrogens with zero attached hydrogens (tertiary/aromatic N) is 2. The van der Waals surface area contributed by atoms with E-state index in [2.05, 4.69) is 9.97 Å². The average molecular weight is 248 g/mol. The number of nitrogens with two attached hydrogens (primary N) is 1. The topological polar surface area (TPSA) is 125 Å². The Bertz CT molecular complexity index is 607. The van der Waals surface area contributed by atoms with Gasteiger partial charge in [-0.2, -0.15) is 4.73 Å². The lowest BCUT2D eigenvalue weighted by Gasteiger charge is -2.02. The summed E-state index contributed by atoms with van der Waals surface area (Å²) in [7, 11) is 0. The average Bonchev–Trinajstić information content (AvgIpc) is 2.77. The first-order chi connectivity index (χ1) is 8.58. The molecule has 0 atom stereocenters. The number of nitrogens with one attached hydrogen (secondary N) is 1. The van der Waals surface area contributed by atoms with Crippen LogP contribution in [0.25, 0.3) is 0 Å². The van der Waals surface area contributed by atoms with Gasteiger partial charge < -0.3 is 20.7 Å². The predicted molar refractivity (Wildman–Crippen MR) is 57.5 cm³/mol. The van der Waals surface area contributed by atoms with Crippen molar-refractivity contribution in [1.82, 2.24) is 9.97 Å². The number of ether oxygens (including phenoxy) is 1. The van der Waals surface area contributed by atoms with Crippen molar-refractivity contribution in [2.45, 2.75) is 0 Å². The highest BCUT2D eigenvalue weighted by molar-refractivity contribution is 5.95. The van der Waals surface area contributed by atoms with Crippen LogP contribution < -0.4 is 15.2 Å². The van der Waals surface area contributed by atoms with E-state index in [4.69, 9.17) is 10.5 Å². The summed E-state index contributed by atoms with van der Waals surface area (Å²) in [4.78, 5) is 28.7. The molecule has 0 saturated carbocycles. The number of esters is 1. The van der Waals surface area contributed by atoms with Gasteiger partial charge in [-0.1, -0.05) is 0 Å². The number of H-pyrrole nitrogens is 1. The van der Waals surface area contributed by atoms with Crippen LogP contribution in [0.4, 0.5) is 0 Å². The predicted octanol–water partition coefficient (Wildman–Crippen LogP) is -0.639. The molecule has 2 rings (SSSR count). The van der Waals surface area contributed by atoms with Crippen LogP contribution in [0, 0.1) is 5.21 Å². The third-order valence-corrected chi connectivity index (χ3v) is 2.05. The van der Waals surface area contributed by atoms with Gasteiger partial charge in [0.25, 0.3) is 11.8 Å². The van der Waals surface area contributed by atoms with Gasteiger partial charge in [-0.15, -0.1) is 0 Å². The summed E-state index contributed by atoms with van der Waals surface area (Å²) in [5, 5.41) is 11.0. The van der Waals surface area contributed by atoms with Crippen LogP contribution >= 0.6 is 0 Å². The Morgan fingerprint density at radius 2 is 2.28 bits per heavy atom. The largest absolute Gasteiger partial charge is 0.619 e. The molecule has 8 nitrogen and oxygen atoms in total. The fourth-order valence-corrected chi connectivity index (χ4v) is 1.26. The number of aromatic amines is 1. The lowest BCUT2D eigenvalue weighted by Crippen LogP contribution is -2.26. The summed E-state index contributed by atoms with van der Waals surface area (Å²) >= 11 is 0. The molecule has 18 heavy (non-hydrogen) atoms. The molecule has 3 N–H and O–H groups in total. The second-order valence-electron chi connectivity index (χ2n) is 3.29. The number of amides is 1. The maximum Gasteiger partial charge on any atom is 0.351 e. The lowest BCUT2D eigenvalue weighted by atomic mass is 10.3. The van der Waals surface area contributed by atoms with E-state index in [-0.39, 0.29) is 17.1 Å². The lowest BCUT2D eigenvalue weighted by molar-refractivity contribution is -0.605. The van der Waals surface area contributed by atoms with Gasteiger partial charge in [0.15, 0.2) is 18.1 Å². The van der Waals surface area contributed by atoms with Crippen molar-refractivity contribution in [3.63, 3.8) is 0 Å². The number of pyridine rings is 1. The third-order valence-electron chi connectivity index (χ3n) is 2.05. The summed E-state index contributed by atoms with van der Waals surface area (Å²) in [5.74, 6) is -1.84. The summed E-state index contributed by atoms with van der Waals surface area (Å²) < 4.78 is 5.31. The minimum atomic E-state index is -0.810. The van der Waals surface area contributed by atoms with E-state index in [1.165, 1.54) is 24.7 Å². The van der Waals surface area contributed by atoms with Gasteiger partial charge in [0, 0.05) is 6.07 Å². The Kier molecular flexibility index (Phi) is 2.92. The Hall–Kier alpha value is -2.90. The van der Waals surface area contributed by atoms with Crippen molar-refractivity contribution < 1.29 is 19.1 Å². The molecule has 0 saturated heterocycles. The summed E-state index contributed by atoms with van der Waals surface area (Å²) in [6, 6.07) is 2.79. The maximum atomic E-state index is 11.7. The second kappa shape index (κ2) is 4.53. The number of hydrogen-bond donors (Lipinski definition) is 2. The van der Waals surface area contributed by atoms with Crippen LogP contribution in [0.1, 0.15) is 20.8 Å². The molecule has 0 unspecified atom stereocenters. The van der Waals surface area contributed by atoms with Gasteiger partial charge in [0.2, 0.25) is 0 Å². The van der Waals surface area contributed by atoms with Crippen molar-refractivity contribution in [2.24, 2.45) is 5.73 Å². The number of imidazole rings is 1. The first-order valence-corrected chi connectivity index (χ1v) is 4.82. The zero-order valence-corrected chi connectivity index (χ0v) is 8.99. The molecule has 2 aromatic heterocycles. The fourth-order valence-electron chi connectivity index (χ4n) is 1.26. The quantitative estimate of drug-likeness (QED) is 0.424. The molecule has 0 fully saturated rings. The number of hydrogen-bond acceptors (Lipinski definition) is 5. The van der Waals surface area contributed by atoms with E-state index >= 15 is 0 Å². The van der Waals surface area contributed by atoms with Gasteiger partial charge in [-0.25, -0.2) is 9.78 Å². The zero-order chi connectivity index (χ0) is 13.1. The molecule has 0 aliphatic heterocycles. The van der Waals surface area contributed by atoms with Crippen molar-refractivity contribution in [3.8, 4) is 5.88 Å². The Morgan fingerprint density at radius 1 is 1.50 bits per heavy atom. The van der Waals surface area contributed by atoms with Crippen molar-refractivity contribution in [3.05, 3.63) is 47.3 Å². The highest BCUT2D eigenvalue weighted by atomic mass is 16.5. The smallest absolute Gasteiger partial charge is 0.351 e. The molecule has 1 amide bonds. The molecular weight excluding hydrogens is 240 g/mol. The van der Waals surface area contributed by atoms with Crippen LogP contribution in [0.2, 0.25) is 0 Å². The van der Waals surface area contributed by atoms with Crippen molar-refractivity contribution in [1.29, 1.82) is 0 Å². The molecule has 8 heteroatoms. The van der Waals surface area contributed by atoms with E-state index in [0.717, 1.165) is 6.20 Å². The molecular formula is C10H8N4O4. The first kappa shape index (κ1) is 11.6. The molecule has 0 radical (unpaired) electrons. The fraction of sp³-hybridized carbons (Fsp3) is 0. The van der Waals surface area contributed by atoms with Crippen LogP contribution in [-0.4, -0.2) is 21.8 Å². The van der Waals surface area contributed by atoms with Crippen molar-refractivity contribution in [2.75, 3.05) is 0 Å². The Labute approximate surface area is 101 Å². The second-order valence-corrected chi connectivity index (χ2v) is 3.29. The molecule has 2 heterocycles. The number of rotatable bonds is 3. The van der Waals surface area contributed by atoms with Crippen LogP contribution in [0.15, 0.2) is 30.9 Å². The monoisotopic (exact) mass is 248 g/mol. The highest BCUT2D eigenvalue weighted by Gasteiger charge is 2.18. The molecule has 92 valence electrons. The summed E-state index contributed by atoms with van der Waals surface area (Å²) in [6.45, 7) is 0. The van der Waals surface area contributed by atoms with E-state index < -0.39 is 11.9 Å². The standard InChI is InChI=1S/C10H8N4O4/c11-8(15)7-9(13-5-12-7)18-10(16)6-2-1-3-14(17)4-6/h1-5H,(H2,11,15)(H,12,13). The SMILES string of the molecule is NC(=O)c1[nH]cnc1OC(=O)c1ccc[n+]([O-])c1. The summed E-state index contributed by atoms with van der Waals surface area (Å²) in [5.41, 5.74) is 4.96. The minimum absolute atomic E-state index is 0.0333. The van der Waals surface area contributed by atoms with Crippen molar-refractivity contribution >= 4 is 11.9 Å². The van der Waals surface area contributed by atoms with E-state index in [0.29, 0.717) is 4.73 Å². The Balaban J connectivity index is 2.21. The molecule has 2 aromatic rings. The highest BCUT2D eigenvalue weighted by Crippen LogP contribution is 2.13. The normalized spacial score (nSPS) is 10.0. The third kappa shape index (κ3) is 2.26. The van der Waals surface area contributed by atoms with E-state index in [9.17, 15) is 14.8 Å². The zero-order valence-electron chi connectivity index (χ0n) is 8.99. The van der Waals surface area contributed by atoms with E-state index in [1.807, 2.05) is 0 Å². The first-order valence-electron chi connectivity index (χ1n) is 4.82. The van der Waals surface area contributed by atoms with Gasteiger partial charge in [0.1, 0.15) is 5.56 Å². The molecule has 0 spiro atoms. The van der Waals surface area contributed by atoms with Gasteiger partial charge in [-0.05, 0) is 6.07 Å². The number of aromatic nitrogens is 3. The number of primary amides is 1. The van der Waals surface area contributed by atoms with Crippen LogP contribution in [0.3, 0.4) is 0 Å². The molecule has 0 bridgehead atoms. The molecule has 0 aromatic carbocycles. The summed E-state index contributed by atoms with van der Waals surface area (Å²) in [6.07, 6.45) is 3.43. The van der Waals surface area contributed by atoms with Gasteiger partial charge in [0.05, 0.1) is 6.33 Å². The number of carbonyl (C=O) groups excluding carboxylic acids is 2. The molecule has 0 aliphatic carbocycles. The minimum Gasteiger partial charge on any atom is -0.619 e. The van der Waals surface area contributed by atoms with Crippen LogP contribution in [0.5, 0.6) is 5.88 Å². The van der Waals surface area contributed by atoms with E-state index in [1.54, 1.807) is 0 Å². The van der Waals surface area contributed by atoms with Gasteiger partial charge >= 0.3 is 5.97 Å². The van der Waals surface area contributed by atoms with Gasteiger partial charge in [-0.3, -0.25) is 4.79 Å². The Morgan fingerprint density at radius 3 is 2.94 bits per heavy atom. The molecule has 0 aliphatic rings. The maximum absolute atomic E-state index is 11.7. The number of carbonyl (C=O) groups is 2.